The Morgan fingerprint density at radius 2 is 1.83 bits per heavy atom. The van der Waals surface area contributed by atoms with Crippen molar-refractivity contribution in [2.45, 2.75) is 23.9 Å². The highest BCUT2D eigenvalue weighted by Gasteiger charge is 2.40. The summed E-state index contributed by atoms with van der Waals surface area (Å²) in [5.74, 6) is -0.806. The van der Waals surface area contributed by atoms with E-state index in [4.69, 9.17) is 0 Å². The van der Waals surface area contributed by atoms with Crippen molar-refractivity contribution in [2.24, 2.45) is 5.92 Å². The molecule has 0 radical (unpaired) electrons. The molecule has 1 aliphatic heterocycles. The molecule has 1 saturated heterocycles. The molecule has 2 rings (SSSR count). The number of nitrogens with one attached hydrogen (secondary N) is 1. The molecule has 134 valence electrons. The molecule has 0 spiro atoms. The molecule has 1 N–H and O–H groups in total. The Morgan fingerprint density at radius 3 is 2.38 bits per heavy atom. The number of hydrogen-bond acceptors (Lipinski definition) is 4. The number of hydroxylamine groups is 1. The number of alkyl halides is 3. The number of benzene rings is 1. The van der Waals surface area contributed by atoms with Crippen molar-refractivity contribution in [3.63, 3.8) is 0 Å². The maximum absolute atomic E-state index is 13.0. The van der Waals surface area contributed by atoms with E-state index in [1.165, 1.54) is 13.2 Å². The summed E-state index contributed by atoms with van der Waals surface area (Å²) in [6.07, 6.45) is -4.34. The Bertz CT molecular complexity index is 698. The molecule has 1 heterocycles. The van der Waals surface area contributed by atoms with Crippen LogP contribution >= 0.6 is 0 Å². The number of nitrogens with zero attached hydrogens (tertiary/aromatic N) is 1. The van der Waals surface area contributed by atoms with E-state index >= 15 is 0 Å². The second-order valence-corrected chi connectivity index (χ2v) is 7.25. The van der Waals surface area contributed by atoms with Crippen LogP contribution in [0.1, 0.15) is 18.4 Å². The summed E-state index contributed by atoms with van der Waals surface area (Å²) >= 11 is 0. The quantitative estimate of drug-likeness (QED) is 0.825. The van der Waals surface area contributed by atoms with Crippen LogP contribution in [0.15, 0.2) is 29.2 Å². The lowest BCUT2D eigenvalue weighted by Gasteiger charge is -2.31. The topological polar surface area (TPSA) is 75.7 Å². The van der Waals surface area contributed by atoms with Gasteiger partial charge in [0.15, 0.2) is 0 Å². The fourth-order valence-corrected chi connectivity index (χ4v) is 4.29. The molecular formula is C14H17F3N2O4S. The minimum absolute atomic E-state index is 0.0314. The SMILES string of the molecule is CONC(=O)C1CCN(S(=O)(=O)c2ccccc2C(F)(F)F)CC1. The first-order chi connectivity index (χ1) is 11.2. The van der Waals surface area contributed by atoms with Crippen LogP contribution in [0, 0.1) is 5.92 Å². The Kier molecular flexibility index (Phi) is 5.51. The van der Waals surface area contributed by atoms with Crippen LogP contribution < -0.4 is 5.48 Å². The van der Waals surface area contributed by atoms with Crippen LogP contribution in [-0.2, 0) is 25.8 Å². The maximum atomic E-state index is 13.0. The van der Waals surface area contributed by atoms with Crippen LogP contribution in [0.3, 0.4) is 0 Å². The smallest absolute Gasteiger partial charge is 0.277 e. The van der Waals surface area contributed by atoms with Gasteiger partial charge in [-0.05, 0) is 25.0 Å². The number of sulfonamides is 1. The Labute approximate surface area is 137 Å². The normalized spacial score (nSPS) is 17.7. The van der Waals surface area contributed by atoms with Gasteiger partial charge in [-0.1, -0.05) is 12.1 Å². The molecule has 0 saturated carbocycles. The lowest BCUT2D eigenvalue weighted by molar-refractivity contribution is -0.140. The molecule has 1 fully saturated rings. The zero-order valence-electron chi connectivity index (χ0n) is 12.8. The van der Waals surface area contributed by atoms with Crippen molar-refractivity contribution in [3.8, 4) is 0 Å². The van der Waals surface area contributed by atoms with Crippen LogP contribution in [0.4, 0.5) is 13.2 Å². The van der Waals surface area contributed by atoms with Crippen molar-refractivity contribution in [2.75, 3.05) is 20.2 Å². The van der Waals surface area contributed by atoms with E-state index in [2.05, 4.69) is 10.3 Å². The number of amides is 1. The molecule has 24 heavy (non-hydrogen) atoms. The van der Waals surface area contributed by atoms with E-state index in [1.54, 1.807) is 0 Å². The van der Waals surface area contributed by atoms with Gasteiger partial charge in [-0.15, -0.1) is 0 Å². The van der Waals surface area contributed by atoms with Crippen LogP contribution in [0.2, 0.25) is 0 Å². The van der Waals surface area contributed by atoms with Crippen molar-refractivity contribution in [1.82, 2.24) is 9.79 Å². The van der Waals surface area contributed by atoms with Gasteiger partial charge in [0.1, 0.15) is 0 Å². The Morgan fingerprint density at radius 1 is 1.25 bits per heavy atom. The number of rotatable bonds is 4. The number of hydrogen-bond donors (Lipinski definition) is 1. The molecule has 10 heteroatoms. The van der Waals surface area contributed by atoms with Gasteiger partial charge in [0.2, 0.25) is 15.9 Å². The van der Waals surface area contributed by atoms with Gasteiger partial charge in [0, 0.05) is 19.0 Å². The lowest BCUT2D eigenvalue weighted by Crippen LogP contribution is -2.43. The van der Waals surface area contributed by atoms with Gasteiger partial charge < -0.3 is 0 Å². The van der Waals surface area contributed by atoms with Crippen molar-refractivity contribution < 1.29 is 31.2 Å². The second kappa shape index (κ2) is 7.08. The molecule has 1 aromatic carbocycles. The predicted octanol–water partition coefficient (Wildman–Crippen LogP) is 1.78. The summed E-state index contributed by atoms with van der Waals surface area (Å²) in [6.45, 7) is -0.0628. The number of piperidine rings is 1. The van der Waals surface area contributed by atoms with Gasteiger partial charge in [0.25, 0.3) is 0 Å². The molecule has 1 amide bonds. The van der Waals surface area contributed by atoms with E-state index < -0.39 is 32.6 Å². The Balaban J connectivity index is 2.21. The molecule has 0 unspecified atom stereocenters. The fraction of sp³-hybridized carbons (Fsp3) is 0.500. The standard InChI is InChI=1S/C14H17F3N2O4S/c1-23-18-13(20)10-6-8-19(9-7-10)24(21,22)12-5-3-2-4-11(12)14(15,16)17/h2-5,10H,6-9H2,1H3,(H,18,20). The molecule has 0 atom stereocenters. The third-order valence-electron chi connectivity index (χ3n) is 3.84. The third-order valence-corrected chi connectivity index (χ3v) is 5.79. The summed E-state index contributed by atoms with van der Waals surface area (Å²) in [4.78, 5) is 15.4. The summed E-state index contributed by atoms with van der Waals surface area (Å²) in [7, 11) is -3.00. The van der Waals surface area contributed by atoms with Gasteiger partial charge >= 0.3 is 6.18 Å². The van der Waals surface area contributed by atoms with E-state index in [9.17, 15) is 26.4 Å². The molecule has 1 aromatic rings. The van der Waals surface area contributed by atoms with E-state index in [-0.39, 0.29) is 31.8 Å². The molecule has 1 aliphatic rings. The fourth-order valence-electron chi connectivity index (χ4n) is 2.61. The first kappa shape index (κ1) is 18.7. The highest BCUT2D eigenvalue weighted by molar-refractivity contribution is 7.89. The zero-order valence-corrected chi connectivity index (χ0v) is 13.7. The minimum Gasteiger partial charge on any atom is -0.277 e. The van der Waals surface area contributed by atoms with Crippen molar-refractivity contribution >= 4 is 15.9 Å². The molecule has 0 aliphatic carbocycles. The molecule has 0 bridgehead atoms. The monoisotopic (exact) mass is 366 g/mol. The molecule has 0 aromatic heterocycles. The lowest BCUT2D eigenvalue weighted by atomic mass is 9.98. The zero-order chi connectivity index (χ0) is 18.0. The Hall–Kier alpha value is -1.65. The highest BCUT2D eigenvalue weighted by Crippen LogP contribution is 2.36. The first-order valence-electron chi connectivity index (χ1n) is 7.17. The second-order valence-electron chi connectivity index (χ2n) is 5.34. The predicted molar refractivity (Wildman–Crippen MR) is 78.1 cm³/mol. The summed E-state index contributed by atoms with van der Waals surface area (Å²) in [5, 5.41) is 0. The van der Waals surface area contributed by atoms with Gasteiger partial charge in [0.05, 0.1) is 17.6 Å². The minimum atomic E-state index is -4.76. The maximum Gasteiger partial charge on any atom is 0.417 e. The molecular weight excluding hydrogens is 349 g/mol. The van der Waals surface area contributed by atoms with E-state index in [1.807, 2.05) is 0 Å². The van der Waals surface area contributed by atoms with Gasteiger partial charge in [-0.3, -0.25) is 9.63 Å². The average Bonchev–Trinajstić information content (AvgIpc) is 2.54. The van der Waals surface area contributed by atoms with Gasteiger partial charge in [-0.2, -0.15) is 17.5 Å². The average molecular weight is 366 g/mol. The largest absolute Gasteiger partial charge is 0.417 e. The number of carbonyl (C=O) groups excluding carboxylic acids is 1. The third kappa shape index (κ3) is 3.87. The van der Waals surface area contributed by atoms with E-state index in [0.717, 1.165) is 22.5 Å². The highest BCUT2D eigenvalue weighted by atomic mass is 32.2. The van der Waals surface area contributed by atoms with E-state index in [0.29, 0.717) is 0 Å². The van der Waals surface area contributed by atoms with Crippen LogP contribution in [-0.4, -0.2) is 38.8 Å². The number of halogens is 3. The van der Waals surface area contributed by atoms with Crippen LogP contribution in [0.25, 0.3) is 0 Å². The summed E-state index contributed by atoms with van der Waals surface area (Å²) < 4.78 is 65.2. The van der Waals surface area contributed by atoms with Gasteiger partial charge in [-0.25, -0.2) is 13.9 Å². The summed E-state index contributed by atoms with van der Waals surface area (Å²) in [5.41, 5.74) is 0.983. The molecule has 6 nitrogen and oxygen atoms in total. The van der Waals surface area contributed by atoms with Crippen molar-refractivity contribution in [3.05, 3.63) is 29.8 Å². The van der Waals surface area contributed by atoms with Crippen molar-refractivity contribution in [1.29, 1.82) is 0 Å². The first-order valence-corrected chi connectivity index (χ1v) is 8.61. The number of carbonyl (C=O) groups is 1. The van der Waals surface area contributed by atoms with Crippen LogP contribution in [0.5, 0.6) is 0 Å². The summed E-state index contributed by atoms with van der Waals surface area (Å²) in [6, 6.07) is 4.08.